The molecule has 1 saturated heterocycles. The van der Waals surface area contributed by atoms with Gasteiger partial charge in [-0.05, 0) is 52.4 Å². The van der Waals surface area contributed by atoms with Gasteiger partial charge in [0.05, 0.1) is 5.69 Å². The molecule has 3 heterocycles. The summed E-state index contributed by atoms with van der Waals surface area (Å²) in [5.41, 5.74) is -0.00374. The van der Waals surface area contributed by atoms with E-state index in [4.69, 9.17) is 9.72 Å². The molecule has 168 valence electrons. The molecule has 3 rings (SSSR count). The Morgan fingerprint density at radius 2 is 1.93 bits per heavy atom. The van der Waals surface area contributed by atoms with Crippen LogP contribution in [0.4, 0.5) is 4.79 Å². The van der Waals surface area contributed by atoms with Gasteiger partial charge in [0, 0.05) is 50.6 Å². The van der Waals surface area contributed by atoms with Crippen molar-refractivity contribution < 1.29 is 14.3 Å². The van der Waals surface area contributed by atoms with E-state index in [-0.39, 0.29) is 17.9 Å². The summed E-state index contributed by atoms with van der Waals surface area (Å²) in [5, 5.41) is 3.11. The van der Waals surface area contributed by atoms with Gasteiger partial charge in [0.15, 0.2) is 0 Å². The molecule has 0 unspecified atom stereocenters. The van der Waals surface area contributed by atoms with E-state index in [1.807, 2.05) is 34.6 Å². The molecule has 0 saturated carbocycles. The highest BCUT2D eigenvalue weighted by Crippen LogP contribution is 2.34. The molecule has 1 fully saturated rings. The van der Waals surface area contributed by atoms with Crippen LogP contribution < -0.4 is 5.32 Å². The predicted molar refractivity (Wildman–Crippen MR) is 116 cm³/mol. The number of fused-ring (bicyclic) bond motifs is 1. The monoisotopic (exact) mass is 418 g/mol. The van der Waals surface area contributed by atoms with Crippen LogP contribution in [0, 0.1) is 11.3 Å². The van der Waals surface area contributed by atoms with Gasteiger partial charge >= 0.3 is 6.09 Å². The van der Waals surface area contributed by atoms with Gasteiger partial charge < -0.3 is 19.5 Å². The highest BCUT2D eigenvalue weighted by Gasteiger charge is 2.40. The molecule has 0 spiro atoms. The van der Waals surface area contributed by atoms with Crippen LogP contribution in [0.3, 0.4) is 0 Å². The number of nitrogens with zero attached hydrogens (tertiary/aromatic N) is 3. The van der Waals surface area contributed by atoms with Crippen LogP contribution in [-0.2, 0) is 28.9 Å². The molecule has 2 aliphatic heterocycles. The van der Waals surface area contributed by atoms with Gasteiger partial charge in [0.1, 0.15) is 11.4 Å². The normalized spacial score (nSPS) is 19.9. The first kappa shape index (κ1) is 22.6. The zero-order valence-electron chi connectivity index (χ0n) is 19.3. The Bertz CT molecular complexity index is 739. The summed E-state index contributed by atoms with van der Waals surface area (Å²) in [6.45, 7) is 12.5. The smallest absolute Gasteiger partial charge is 0.410 e. The van der Waals surface area contributed by atoms with Crippen LogP contribution >= 0.6 is 0 Å². The minimum Gasteiger partial charge on any atom is -0.444 e. The van der Waals surface area contributed by atoms with Crippen molar-refractivity contribution in [2.45, 2.75) is 85.3 Å². The molecule has 2 amide bonds. The number of aromatic nitrogens is 2. The van der Waals surface area contributed by atoms with Crippen LogP contribution in [0.5, 0.6) is 0 Å². The molecule has 1 atom stereocenters. The van der Waals surface area contributed by atoms with Gasteiger partial charge in [0.25, 0.3) is 0 Å². The van der Waals surface area contributed by atoms with Crippen molar-refractivity contribution in [1.29, 1.82) is 0 Å². The number of nitrogens with one attached hydrogen (secondary N) is 1. The summed E-state index contributed by atoms with van der Waals surface area (Å²) in [5.74, 6) is 1.33. The number of piperidine rings is 1. The minimum atomic E-state index is -0.547. The zero-order valence-corrected chi connectivity index (χ0v) is 19.3. The molecule has 0 radical (unpaired) electrons. The largest absolute Gasteiger partial charge is 0.444 e. The number of hydrogen-bond acceptors (Lipinski definition) is 4. The molecule has 0 bridgehead atoms. The highest BCUT2D eigenvalue weighted by atomic mass is 16.6. The maximum absolute atomic E-state index is 13.0. The number of amides is 2. The quantitative estimate of drug-likeness (QED) is 0.793. The lowest BCUT2D eigenvalue weighted by Crippen LogP contribution is -2.50. The van der Waals surface area contributed by atoms with Gasteiger partial charge in [-0.15, -0.1) is 0 Å². The van der Waals surface area contributed by atoms with Crippen molar-refractivity contribution in [2.24, 2.45) is 11.3 Å². The Hall–Kier alpha value is -2.05. The molecule has 1 aromatic rings. The molecule has 0 aliphatic carbocycles. The van der Waals surface area contributed by atoms with Crippen molar-refractivity contribution in [3.05, 3.63) is 17.7 Å². The average Bonchev–Trinajstić information content (AvgIpc) is 3.09. The summed E-state index contributed by atoms with van der Waals surface area (Å²) < 4.78 is 7.77. The third-order valence-electron chi connectivity index (χ3n) is 6.30. The van der Waals surface area contributed by atoms with Crippen LogP contribution in [0.25, 0.3) is 0 Å². The van der Waals surface area contributed by atoms with Crippen molar-refractivity contribution >= 4 is 12.0 Å². The van der Waals surface area contributed by atoms with Gasteiger partial charge in [-0.1, -0.05) is 13.8 Å². The van der Waals surface area contributed by atoms with E-state index in [1.54, 1.807) is 4.90 Å². The average molecular weight is 419 g/mol. The van der Waals surface area contributed by atoms with E-state index >= 15 is 0 Å². The van der Waals surface area contributed by atoms with Gasteiger partial charge in [-0.3, -0.25) is 4.79 Å². The van der Waals surface area contributed by atoms with Crippen LogP contribution in [0.1, 0.15) is 71.8 Å². The number of ether oxygens (including phenoxy) is 1. The number of carbonyl (C=O) groups excluding carboxylic acids is 2. The molecule has 1 aromatic heterocycles. The molecule has 30 heavy (non-hydrogen) atoms. The summed E-state index contributed by atoms with van der Waals surface area (Å²) in [4.78, 5) is 31.9. The third-order valence-corrected chi connectivity index (χ3v) is 6.30. The first-order chi connectivity index (χ1) is 14.1. The number of rotatable bonds is 5. The topological polar surface area (TPSA) is 76.5 Å². The van der Waals surface area contributed by atoms with Crippen molar-refractivity contribution in [3.63, 3.8) is 0 Å². The van der Waals surface area contributed by atoms with E-state index in [1.165, 1.54) is 18.7 Å². The second-order valence-corrected chi connectivity index (χ2v) is 10.3. The second kappa shape index (κ2) is 8.98. The fourth-order valence-corrected chi connectivity index (χ4v) is 4.37. The number of carbonyl (C=O) groups is 2. The molecule has 7 heteroatoms. The molecule has 0 aromatic carbocycles. The summed E-state index contributed by atoms with van der Waals surface area (Å²) in [6, 6.07) is 0. The molecule has 2 aliphatic rings. The van der Waals surface area contributed by atoms with Crippen LogP contribution in [0.15, 0.2) is 6.20 Å². The molecular formula is C23H38N4O3. The fourth-order valence-electron chi connectivity index (χ4n) is 4.37. The minimum absolute atomic E-state index is 0.0440. The molecular weight excluding hydrogens is 380 g/mol. The lowest BCUT2D eigenvalue weighted by molar-refractivity contribution is -0.133. The summed E-state index contributed by atoms with van der Waals surface area (Å²) in [7, 11) is 0. The fraction of sp³-hybridized carbons (Fsp3) is 0.783. The standard InChI is InChI=1S/C23H38N4O3/c1-22(2,3)30-21(29)27-14-8-9-17(15-27)23(4,5)20(28)24-12-11-18-16-26-13-7-6-10-19(26)25-18/h16-17H,6-15H2,1-5H3,(H,24,28)/t17-/m1/s1. The maximum atomic E-state index is 13.0. The zero-order chi connectivity index (χ0) is 21.9. The van der Waals surface area contributed by atoms with E-state index in [2.05, 4.69) is 16.1 Å². The van der Waals surface area contributed by atoms with E-state index in [0.717, 1.165) is 37.9 Å². The Morgan fingerprint density at radius 3 is 2.63 bits per heavy atom. The van der Waals surface area contributed by atoms with Crippen LogP contribution in [-0.4, -0.2) is 51.7 Å². The van der Waals surface area contributed by atoms with E-state index < -0.39 is 11.0 Å². The lowest BCUT2D eigenvalue weighted by Gasteiger charge is -2.40. The number of aryl methyl sites for hydroxylation is 2. The Balaban J connectivity index is 1.51. The lowest BCUT2D eigenvalue weighted by atomic mass is 9.74. The molecule has 1 N–H and O–H groups in total. The van der Waals surface area contributed by atoms with Gasteiger partial charge in [-0.25, -0.2) is 9.78 Å². The number of hydrogen-bond donors (Lipinski definition) is 1. The summed E-state index contributed by atoms with van der Waals surface area (Å²) in [6.07, 6.45) is 7.90. The Morgan fingerprint density at radius 1 is 1.17 bits per heavy atom. The SMILES string of the molecule is CC(C)(C)OC(=O)N1CCC[C@@H](C(C)(C)C(=O)NCCc2cn3c(n2)CCCC3)C1. The predicted octanol–water partition coefficient (Wildman–Crippen LogP) is 3.55. The Kier molecular flexibility index (Phi) is 6.78. The third kappa shape index (κ3) is 5.55. The van der Waals surface area contributed by atoms with Crippen molar-refractivity contribution in [1.82, 2.24) is 19.8 Å². The number of likely N-dealkylation sites (tertiary alicyclic amines) is 1. The van der Waals surface area contributed by atoms with Gasteiger partial charge in [-0.2, -0.15) is 0 Å². The van der Waals surface area contributed by atoms with Crippen molar-refractivity contribution in [3.8, 4) is 0 Å². The molecule has 7 nitrogen and oxygen atoms in total. The maximum Gasteiger partial charge on any atom is 0.410 e. The Labute approximate surface area is 180 Å². The van der Waals surface area contributed by atoms with Crippen LogP contribution in [0.2, 0.25) is 0 Å². The highest BCUT2D eigenvalue weighted by molar-refractivity contribution is 5.82. The van der Waals surface area contributed by atoms with E-state index in [9.17, 15) is 9.59 Å². The first-order valence-corrected chi connectivity index (χ1v) is 11.4. The summed E-state index contributed by atoms with van der Waals surface area (Å²) >= 11 is 0. The first-order valence-electron chi connectivity index (χ1n) is 11.4. The second-order valence-electron chi connectivity index (χ2n) is 10.3. The van der Waals surface area contributed by atoms with Gasteiger partial charge in [0.2, 0.25) is 5.91 Å². The van der Waals surface area contributed by atoms with Crippen molar-refractivity contribution in [2.75, 3.05) is 19.6 Å². The van der Waals surface area contributed by atoms with E-state index in [0.29, 0.717) is 19.6 Å². The number of imidazole rings is 1.